The molecule has 2 atom stereocenters. The molecular formula is C18H28BrNO. The van der Waals surface area contributed by atoms with Gasteiger partial charge < -0.3 is 10.1 Å². The van der Waals surface area contributed by atoms with Gasteiger partial charge in [-0.05, 0) is 56.5 Å². The third kappa shape index (κ3) is 3.29. The van der Waals surface area contributed by atoms with Gasteiger partial charge in [0.2, 0.25) is 0 Å². The number of benzene rings is 1. The van der Waals surface area contributed by atoms with Crippen molar-refractivity contribution in [3.05, 3.63) is 28.2 Å². The highest BCUT2D eigenvalue weighted by Gasteiger charge is 2.54. The minimum Gasteiger partial charge on any atom is -0.489 e. The predicted octanol–water partition coefficient (Wildman–Crippen LogP) is 5.08. The minimum absolute atomic E-state index is 0.286. The lowest BCUT2D eigenvalue weighted by atomic mass is 9.58. The van der Waals surface area contributed by atoms with Gasteiger partial charge in [-0.1, -0.05) is 36.7 Å². The zero-order valence-electron chi connectivity index (χ0n) is 13.7. The summed E-state index contributed by atoms with van der Waals surface area (Å²) in [6.07, 6.45) is 4.99. The van der Waals surface area contributed by atoms with Crippen molar-refractivity contribution in [1.82, 2.24) is 5.32 Å². The van der Waals surface area contributed by atoms with Crippen LogP contribution in [-0.2, 0) is 0 Å². The molecule has 1 fully saturated rings. The highest BCUT2D eigenvalue weighted by atomic mass is 79.9. The lowest BCUT2D eigenvalue weighted by Gasteiger charge is -2.55. The summed E-state index contributed by atoms with van der Waals surface area (Å²) in [6.45, 7) is 10.0. The molecule has 3 heteroatoms. The highest BCUT2D eigenvalue weighted by Crippen LogP contribution is 2.49. The number of hydrogen-bond acceptors (Lipinski definition) is 2. The molecule has 1 aromatic rings. The van der Waals surface area contributed by atoms with Crippen molar-refractivity contribution < 1.29 is 4.74 Å². The largest absolute Gasteiger partial charge is 0.489 e. The third-order valence-electron chi connectivity index (χ3n) is 5.15. The Kier molecular flexibility index (Phi) is 5.73. The van der Waals surface area contributed by atoms with E-state index in [4.69, 9.17) is 4.74 Å². The summed E-state index contributed by atoms with van der Waals surface area (Å²) < 4.78 is 7.49. The molecule has 0 amide bonds. The van der Waals surface area contributed by atoms with Crippen LogP contribution < -0.4 is 10.1 Å². The molecule has 0 radical (unpaired) electrons. The highest BCUT2D eigenvalue weighted by molar-refractivity contribution is 9.10. The van der Waals surface area contributed by atoms with Gasteiger partial charge in [0.05, 0.1) is 0 Å². The Morgan fingerprint density at radius 2 is 2.00 bits per heavy atom. The number of halogens is 1. The number of aryl methyl sites for hydroxylation is 1. The first kappa shape index (κ1) is 16.8. The maximum absolute atomic E-state index is 6.38. The van der Waals surface area contributed by atoms with Gasteiger partial charge in [-0.3, -0.25) is 0 Å². The fourth-order valence-electron chi connectivity index (χ4n) is 3.61. The first-order valence-corrected chi connectivity index (χ1v) is 9.02. The van der Waals surface area contributed by atoms with Crippen molar-refractivity contribution in [3.63, 3.8) is 0 Å². The van der Waals surface area contributed by atoms with Crippen molar-refractivity contribution in [1.29, 1.82) is 0 Å². The first-order valence-electron chi connectivity index (χ1n) is 8.23. The molecular weight excluding hydrogens is 326 g/mol. The van der Waals surface area contributed by atoms with Crippen LogP contribution >= 0.6 is 15.9 Å². The molecule has 0 saturated heterocycles. The standard InChI is InChI=1S/C18H28BrNO/c1-5-10-20-16-12-17(18(16,6-2)7-3)21-15-9-8-14(19)11-13(15)4/h8-9,11,16-17,20H,5-7,10,12H2,1-4H3. The molecule has 1 aliphatic carbocycles. The van der Waals surface area contributed by atoms with E-state index >= 15 is 0 Å². The van der Waals surface area contributed by atoms with Crippen LogP contribution in [0.15, 0.2) is 22.7 Å². The zero-order valence-corrected chi connectivity index (χ0v) is 15.3. The van der Waals surface area contributed by atoms with Gasteiger partial charge in [0.25, 0.3) is 0 Å². The number of hydrogen-bond donors (Lipinski definition) is 1. The topological polar surface area (TPSA) is 21.3 Å². The van der Waals surface area contributed by atoms with Crippen LogP contribution in [0, 0.1) is 12.3 Å². The molecule has 21 heavy (non-hydrogen) atoms. The van der Waals surface area contributed by atoms with E-state index in [1.54, 1.807) is 0 Å². The molecule has 0 spiro atoms. The summed E-state index contributed by atoms with van der Waals surface area (Å²) in [4.78, 5) is 0. The normalized spacial score (nSPS) is 23.7. The minimum atomic E-state index is 0.286. The Labute approximate surface area is 137 Å². The summed E-state index contributed by atoms with van der Waals surface area (Å²) in [5.41, 5.74) is 1.49. The van der Waals surface area contributed by atoms with Gasteiger partial charge >= 0.3 is 0 Å². The second kappa shape index (κ2) is 7.15. The average Bonchev–Trinajstić information content (AvgIpc) is 2.45. The van der Waals surface area contributed by atoms with E-state index in [9.17, 15) is 0 Å². The maximum atomic E-state index is 6.38. The number of nitrogens with one attached hydrogen (secondary N) is 1. The maximum Gasteiger partial charge on any atom is 0.122 e. The number of rotatable bonds is 7. The summed E-state index contributed by atoms with van der Waals surface area (Å²) in [5, 5.41) is 3.71. The van der Waals surface area contributed by atoms with Gasteiger partial charge in [-0.2, -0.15) is 0 Å². The Hall–Kier alpha value is -0.540. The van der Waals surface area contributed by atoms with E-state index < -0.39 is 0 Å². The van der Waals surface area contributed by atoms with Crippen LogP contribution in [0.1, 0.15) is 52.0 Å². The van der Waals surface area contributed by atoms with Crippen LogP contribution in [0.5, 0.6) is 5.75 Å². The summed E-state index contributed by atoms with van der Waals surface area (Å²) in [7, 11) is 0. The second-order valence-electron chi connectivity index (χ2n) is 6.20. The second-order valence-corrected chi connectivity index (χ2v) is 7.11. The Balaban J connectivity index is 2.09. The van der Waals surface area contributed by atoms with Gasteiger partial charge in [-0.15, -0.1) is 0 Å². The molecule has 2 unspecified atom stereocenters. The lowest BCUT2D eigenvalue weighted by Crippen LogP contribution is -2.64. The van der Waals surface area contributed by atoms with E-state index in [2.05, 4.69) is 67.1 Å². The predicted molar refractivity (Wildman–Crippen MR) is 93.0 cm³/mol. The van der Waals surface area contributed by atoms with Gasteiger partial charge in [0, 0.05) is 22.4 Å². The van der Waals surface area contributed by atoms with Crippen LogP contribution in [0.2, 0.25) is 0 Å². The van der Waals surface area contributed by atoms with Crippen molar-refractivity contribution in [3.8, 4) is 5.75 Å². The van der Waals surface area contributed by atoms with E-state index in [1.807, 2.05) is 0 Å². The Morgan fingerprint density at radius 1 is 1.29 bits per heavy atom. The van der Waals surface area contributed by atoms with Crippen molar-refractivity contribution in [2.75, 3.05) is 6.54 Å². The lowest BCUT2D eigenvalue weighted by molar-refractivity contribution is -0.0861. The van der Waals surface area contributed by atoms with Crippen molar-refractivity contribution >= 4 is 15.9 Å². The third-order valence-corrected chi connectivity index (χ3v) is 5.64. The molecule has 0 bridgehead atoms. The average molecular weight is 354 g/mol. The Bertz CT molecular complexity index is 470. The fourth-order valence-corrected chi connectivity index (χ4v) is 4.09. The van der Waals surface area contributed by atoms with Crippen LogP contribution in [0.4, 0.5) is 0 Å². The zero-order chi connectivity index (χ0) is 15.5. The molecule has 0 aliphatic heterocycles. The van der Waals surface area contributed by atoms with Crippen LogP contribution in [0.3, 0.4) is 0 Å². The fraction of sp³-hybridized carbons (Fsp3) is 0.667. The monoisotopic (exact) mass is 353 g/mol. The molecule has 0 heterocycles. The molecule has 1 aliphatic rings. The van der Waals surface area contributed by atoms with Gasteiger partial charge in [-0.25, -0.2) is 0 Å². The van der Waals surface area contributed by atoms with Crippen molar-refractivity contribution in [2.24, 2.45) is 5.41 Å². The molecule has 2 nitrogen and oxygen atoms in total. The van der Waals surface area contributed by atoms with Crippen LogP contribution in [-0.4, -0.2) is 18.7 Å². The van der Waals surface area contributed by atoms with Crippen LogP contribution in [0.25, 0.3) is 0 Å². The van der Waals surface area contributed by atoms with E-state index in [-0.39, 0.29) is 5.41 Å². The molecule has 1 N–H and O–H groups in total. The molecule has 1 saturated carbocycles. The first-order chi connectivity index (χ1) is 10.1. The summed E-state index contributed by atoms with van der Waals surface area (Å²) in [6, 6.07) is 6.88. The number of ether oxygens (including phenoxy) is 1. The smallest absolute Gasteiger partial charge is 0.122 e. The van der Waals surface area contributed by atoms with E-state index in [0.29, 0.717) is 12.1 Å². The molecule has 0 aromatic heterocycles. The van der Waals surface area contributed by atoms with E-state index in [0.717, 1.165) is 23.2 Å². The van der Waals surface area contributed by atoms with E-state index in [1.165, 1.54) is 24.8 Å². The van der Waals surface area contributed by atoms with Crippen molar-refractivity contribution in [2.45, 2.75) is 65.5 Å². The van der Waals surface area contributed by atoms with Gasteiger partial charge in [0.15, 0.2) is 0 Å². The quantitative estimate of drug-likeness (QED) is 0.737. The molecule has 2 rings (SSSR count). The summed E-state index contributed by atoms with van der Waals surface area (Å²) >= 11 is 3.52. The molecule has 118 valence electrons. The Morgan fingerprint density at radius 3 is 2.57 bits per heavy atom. The van der Waals surface area contributed by atoms with Gasteiger partial charge in [0.1, 0.15) is 11.9 Å². The molecule has 1 aromatic carbocycles. The SMILES string of the molecule is CCCNC1CC(Oc2ccc(Br)cc2C)C1(CC)CC. The summed E-state index contributed by atoms with van der Waals surface area (Å²) in [5.74, 6) is 1.03.